The summed E-state index contributed by atoms with van der Waals surface area (Å²) in [4.78, 5) is 12.0. The average Bonchev–Trinajstić information content (AvgIpc) is 2.35. The fraction of sp³-hybridized carbons (Fsp3) is 0.462. The van der Waals surface area contributed by atoms with Gasteiger partial charge in [-0.05, 0) is 56.6 Å². The molecule has 92 valence electrons. The first-order valence-electron chi connectivity index (χ1n) is 5.94. The van der Waals surface area contributed by atoms with Crippen molar-refractivity contribution in [2.24, 2.45) is 5.92 Å². The van der Waals surface area contributed by atoms with Crippen LogP contribution in [0.2, 0.25) is 0 Å². The van der Waals surface area contributed by atoms with Gasteiger partial charge in [0.25, 0.3) is 0 Å². The number of benzene rings is 1. The third-order valence-corrected chi connectivity index (χ3v) is 4.03. The van der Waals surface area contributed by atoms with Gasteiger partial charge in [-0.3, -0.25) is 4.79 Å². The Bertz CT molecular complexity index is 414. The van der Waals surface area contributed by atoms with Crippen molar-refractivity contribution in [1.82, 2.24) is 5.32 Å². The van der Waals surface area contributed by atoms with Crippen LogP contribution in [-0.2, 0) is 4.79 Å². The molecule has 1 amide bonds. The third-order valence-electron chi connectivity index (χ3n) is 3.14. The van der Waals surface area contributed by atoms with Crippen molar-refractivity contribution >= 4 is 27.5 Å². The van der Waals surface area contributed by atoms with Gasteiger partial charge in [0, 0.05) is 16.1 Å². The number of hydrogen-bond acceptors (Lipinski definition) is 2. The number of carbonyl (C=O) groups is 1. The molecular weight excluding hydrogens is 280 g/mol. The molecule has 4 heteroatoms. The van der Waals surface area contributed by atoms with Gasteiger partial charge in [0.05, 0.1) is 0 Å². The Morgan fingerprint density at radius 3 is 2.76 bits per heavy atom. The molecule has 1 heterocycles. The molecule has 0 unspecified atom stereocenters. The van der Waals surface area contributed by atoms with Gasteiger partial charge >= 0.3 is 0 Å². The second kappa shape index (κ2) is 5.65. The lowest BCUT2D eigenvalue weighted by atomic mass is 9.97. The van der Waals surface area contributed by atoms with Gasteiger partial charge in [-0.2, -0.15) is 0 Å². The predicted molar refractivity (Wildman–Crippen MR) is 73.1 cm³/mol. The van der Waals surface area contributed by atoms with Crippen LogP contribution >= 0.6 is 15.9 Å². The maximum absolute atomic E-state index is 12.0. The van der Waals surface area contributed by atoms with Crippen LogP contribution in [0.4, 0.5) is 5.69 Å². The summed E-state index contributed by atoms with van der Waals surface area (Å²) in [7, 11) is 0. The minimum Gasteiger partial charge on any atom is -0.326 e. The largest absolute Gasteiger partial charge is 0.326 e. The molecule has 3 nitrogen and oxygen atoms in total. The smallest absolute Gasteiger partial charge is 0.227 e. The zero-order valence-electron chi connectivity index (χ0n) is 9.92. The molecule has 1 aromatic carbocycles. The number of anilines is 1. The maximum atomic E-state index is 12.0. The second-order valence-corrected chi connectivity index (χ2v) is 5.33. The average molecular weight is 297 g/mol. The van der Waals surface area contributed by atoms with Crippen LogP contribution in [0.1, 0.15) is 18.4 Å². The first-order valence-corrected chi connectivity index (χ1v) is 6.74. The van der Waals surface area contributed by atoms with Crippen LogP contribution in [0, 0.1) is 12.8 Å². The van der Waals surface area contributed by atoms with E-state index in [1.54, 1.807) is 0 Å². The molecule has 1 fully saturated rings. The zero-order valence-corrected chi connectivity index (χ0v) is 11.5. The number of nitrogens with one attached hydrogen (secondary N) is 2. The van der Waals surface area contributed by atoms with E-state index in [0.717, 1.165) is 41.7 Å². The molecule has 17 heavy (non-hydrogen) atoms. The highest BCUT2D eigenvalue weighted by atomic mass is 79.9. The standard InChI is InChI=1S/C13H17BrN2O/c1-9-8-11(2-3-12(9)14)16-13(17)10-4-6-15-7-5-10/h2-3,8,10,15H,4-7H2,1H3,(H,16,17). The topological polar surface area (TPSA) is 41.1 Å². The second-order valence-electron chi connectivity index (χ2n) is 4.48. The van der Waals surface area contributed by atoms with E-state index < -0.39 is 0 Å². The number of aryl methyl sites for hydroxylation is 1. The summed E-state index contributed by atoms with van der Waals surface area (Å²) >= 11 is 3.45. The highest BCUT2D eigenvalue weighted by Crippen LogP contribution is 2.21. The van der Waals surface area contributed by atoms with E-state index in [1.165, 1.54) is 0 Å². The molecule has 0 spiro atoms. The monoisotopic (exact) mass is 296 g/mol. The molecule has 0 saturated carbocycles. The number of piperidine rings is 1. The lowest BCUT2D eigenvalue weighted by molar-refractivity contribution is -0.120. The van der Waals surface area contributed by atoms with Crippen LogP contribution in [0.25, 0.3) is 0 Å². The lowest BCUT2D eigenvalue weighted by Crippen LogP contribution is -2.34. The summed E-state index contributed by atoms with van der Waals surface area (Å²) in [5.74, 6) is 0.299. The molecular formula is C13H17BrN2O. The minimum absolute atomic E-state index is 0.147. The van der Waals surface area contributed by atoms with E-state index in [2.05, 4.69) is 26.6 Å². The zero-order chi connectivity index (χ0) is 12.3. The van der Waals surface area contributed by atoms with Gasteiger partial charge in [-0.1, -0.05) is 15.9 Å². The highest BCUT2D eigenvalue weighted by Gasteiger charge is 2.20. The quantitative estimate of drug-likeness (QED) is 0.881. The predicted octanol–water partition coefficient (Wildman–Crippen LogP) is 2.70. The summed E-state index contributed by atoms with van der Waals surface area (Å²) in [5, 5.41) is 6.26. The Hall–Kier alpha value is -0.870. The summed E-state index contributed by atoms with van der Waals surface area (Å²) < 4.78 is 1.07. The van der Waals surface area contributed by atoms with Crippen LogP contribution in [0.3, 0.4) is 0 Å². The molecule has 1 saturated heterocycles. The van der Waals surface area contributed by atoms with Crippen molar-refractivity contribution in [1.29, 1.82) is 0 Å². The molecule has 1 aromatic rings. The van der Waals surface area contributed by atoms with Crippen LogP contribution in [0.15, 0.2) is 22.7 Å². The Morgan fingerprint density at radius 2 is 2.12 bits per heavy atom. The Balaban J connectivity index is 1.99. The normalized spacial score (nSPS) is 16.8. The maximum Gasteiger partial charge on any atom is 0.227 e. The fourth-order valence-corrected chi connectivity index (χ4v) is 2.30. The minimum atomic E-state index is 0.147. The molecule has 1 aliphatic heterocycles. The van der Waals surface area contributed by atoms with E-state index in [9.17, 15) is 4.79 Å². The summed E-state index contributed by atoms with van der Waals surface area (Å²) in [6, 6.07) is 5.88. The molecule has 0 aromatic heterocycles. The van der Waals surface area contributed by atoms with Crippen molar-refractivity contribution in [3.63, 3.8) is 0 Å². The third kappa shape index (κ3) is 3.30. The van der Waals surface area contributed by atoms with E-state index in [4.69, 9.17) is 0 Å². The first-order chi connectivity index (χ1) is 8.16. The van der Waals surface area contributed by atoms with Crippen LogP contribution in [0.5, 0.6) is 0 Å². The van der Waals surface area contributed by atoms with Gasteiger partial charge in [0.15, 0.2) is 0 Å². The SMILES string of the molecule is Cc1cc(NC(=O)C2CCNCC2)ccc1Br. The van der Waals surface area contributed by atoms with E-state index in [1.807, 2.05) is 25.1 Å². The summed E-state index contributed by atoms with van der Waals surface area (Å²) in [6.45, 7) is 3.90. The number of amides is 1. The number of halogens is 1. The van der Waals surface area contributed by atoms with Crippen molar-refractivity contribution in [2.75, 3.05) is 18.4 Å². The number of carbonyl (C=O) groups excluding carboxylic acids is 1. The van der Waals surface area contributed by atoms with Crippen molar-refractivity contribution in [2.45, 2.75) is 19.8 Å². The van der Waals surface area contributed by atoms with Gasteiger partial charge in [0.1, 0.15) is 0 Å². The molecule has 0 aliphatic carbocycles. The summed E-state index contributed by atoms with van der Waals surface area (Å²) in [5.41, 5.74) is 2.02. The molecule has 0 atom stereocenters. The van der Waals surface area contributed by atoms with Crippen LogP contribution in [-0.4, -0.2) is 19.0 Å². The molecule has 0 bridgehead atoms. The summed E-state index contributed by atoms with van der Waals surface area (Å²) in [6.07, 6.45) is 1.86. The van der Waals surface area contributed by atoms with Crippen molar-refractivity contribution in [3.05, 3.63) is 28.2 Å². The first kappa shape index (κ1) is 12.6. The molecule has 0 radical (unpaired) electrons. The molecule has 2 N–H and O–H groups in total. The van der Waals surface area contributed by atoms with E-state index in [0.29, 0.717) is 0 Å². The van der Waals surface area contributed by atoms with Gasteiger partial charge in [-0.15, -0.1) is 0 Å². The molecule has 2 rings (SSSR count). The number of hydrogen-bond donors (Lipinski definition) is 2. The van der Waals surface area contributed by atoms with E-state index >= 15 is 0 Å². The number of rotatable bonds is 2. The highest BCUT2D eigenvalue weighted by molar-refractivity contribution is 9.10. The van der Waals surface area contributed by atoms with Gasteiger partial charge in [-0.25, -0.2) is 0 Å². The molecule has 1 aliphatic rings. The Labute approximate surface area is 110 Å². The Kier molecular flexibility index (Phi) is 4.18. The Morgan fingerprint density at radius 1 is 1.41 bits per heavy atom. The van der Waals surface area contributed by atoms with Gasteiger partial charge in [0.2, 0.25) is 5.91 Å². The lowest BCUT2D eigenvalue weighted by Gasteiger charge is -2.21. The van der Waals surface area contributed by atoms with Crippen molar-refractivity contribution < 1.29 is 4.79 Å². The van der Waals surface area contributed by atoms with Crippen molar-refractivity contribution in [3.8, 4) is 0 Å². The van der Waals surface area contributed by atoms with Crippen LogP contribution < -0.4 is 10.6 Å². The van der Waals surface area contributed by atoms with E-state index in [-0.39, 0.29) is 11.8 Å². The van der Waals surface area contributed by atoms with Gasteiger partial charge < -0.3 is 10.6 Å². The fourth-order valence-electron chi connectivity index (χ4n) is 2.05.